The van der Waals surface area contributed by atoms with Crippen molar-refractivity contribution in [2.75, 3.05) is 25.5 Å². The van der Waals surface area contributed by atoms with E-state index in [0.717, 1.165) is 29.6 Å². The quantitative estimate of drug-likeness (QED) is 0.712. The Morgan fingerprint density at radius 2 is 2.10 bits per heavy atom. The number of anilines is 1. The van der Waals surface area contributed by atoms with Crippen molar-refractivity contribution in [3.8, 4) is 17.0 Å². The van der Waals surface area contributed by atoms with Crippen LogP contribution in [0.3, 0.4) is 0 Å². The van der Waals surface area contributed by atoms with E-state index in [1.165, 1.54) is 0 Å². The number of halogens is 1. The molecule has 1 N–H and O–H groups in total. The summed E-state index contributed by atoms with van der Waals surface area (Å²) in [7, 11) is 3.71. The Kier molecular flexibility index (Phi) is 4.27. The first-order valence-corrected chi connectivity index (χ1v) is 9.80. The molecule has 3 aromatic rings. The molecule has 8 nitrogen and oxygen atoms in total. The molecular formula is C20H23FN6O2. The second-order valence-electron chi connectivity index (χ2n) is 7.95. The molecule has 9 heteroatoms. The van der Waals surface area contributed by atoms with E-state index in [2.05, 4.69) is 15.5 Å². The maximum absolute atomic E-state index is 14.2. The fraction of sp³-hybridized carbons (Fsp3) is 0.450. The van der Waals surface area contributed by atoms with E-state index in [4.69, 9.17) is 4.74 Å². The van der Waals surface area contributed by atoms with Gasteiger partial charge in [-0.2, -0.15) is 10.2 Å². The van der Waals surface area contributed by atoms with Crippen LogP contribution in [0.15, 0.2) is 30.6 Å². The fourth-order valence-electron chi connectivity index (χ4n) is 3.79. The molecule has 152 valence electrons. The zero-order valence-electron chi connectivity index (χ0n) is 16.4. The number of alkyl halides is 1. The number of aryl methyl sites for hydroxylation is 1. The number of hydrogen-bond acceptors (Lipinski definition) is 5. The van der Waals surface area contributed by atoms with Gasteiger partial charge >= 0.3 is 0 Å². The highest BCUT2D eigenvalue weighted by molar-refractivity contribution is 5.93. The van der Waals surface area contributed by atoms with Gasteiger partial charge in [0.15, 0.2) is 17.7 Å². The van der Waals surface area contributed by atoms with Gasteiger partial charge in [0.05, 0.1) is 11.7 Å². The molecule has 0 bridgehead atoms. The Labute approximate surface area is 167 Å². The highest BCUT2D eigenvalue weighted by Crippen LogP contribution is 2.33. The minimum Gasteiger partial charge on any atom is -0.482 e. The largest absolute Gasteiger partial charge is 0.482 e. The molecule has 1 saturated heterocycles. The average Bonchev–Trinajstić information content (AvgIpc) is 3.26. The number of likely N-dealkylation sites (N-methyl/N-ethyl adjacent to an activating group) is 1. The first kappa shape index (κ1) is 18.1. The zero-order valence-corrected chi connectivity index (χ0v) is 16.4. The molecule has 29 heavy (non-hydrogen) atoms. The van der Waals surface area contributed by atoms with E-state index in [9.17, 15) is 9.18 Å². The van der Waals surface area contributed by atoms with Crippen molar-refractivity contribution in [3.63, 3.8) is 0 Å². The third-order valence-corrected chi connectivity index (χ3v) is 5.50. The van der Waals surface area contributed by atoms with Crippen molar-refractivity contribution < 1.29 is 13.9 Å². The summed E-state index contributed by atoms with van der Waals surface area (Å²) in [6.45, 7) is 0.915. The molecular weight excluding hydrogens is 375 g/mol. The number of carbonyl (C=O) groups is 1. The highest BCUT2D eigenvalue weighted by Gasteiger charge is 2.33. The lowest BCUT2D eigenvalue weighted by Crippen LogP contribution is -2.27. The third-order valence-electron chi connectivity index (χ3n) is 5.50. The van der Waals surface area contributed by atoms with Gasteiger partial charge in [-0.05, 0) is 32.0 Å². The second-order valence-corrected chi connectivity index (χ2v) is 7.95. The van der Waals surface area contributed by atoms with Crippen LogP contribution in [0.5, 0.6) is 5.75 Å². The Hall–Kier alpha value is -2.94. The minimum atomic E-state index is -1.02. The van der Waals surface area contributed by atoms with Crippen LogP contribution in [0.2, 0.25) is 0 Å². The summed E-state index contributed by atoms with van der Waals surface area (Å²) in [6, 6.07) is 5.70. The highest BCUT2D eigenvalue weighted by atomic mass is 19.1. The fourth-order valence-corrected chi connectivity index (χ4v) is 3.79. The third kappa shape index (κ3) is 3.46. The molecule has 2 atom stereocenters. The SMILES string of the molecule is CN1C[C@H](F)[C@H](Oc2cnn(C)c2-c2ccn3nc(NC(=O)C4CC4)cc3c2)C1. The van der Waals surface area contributed by atoms with Gasteiger partial charge < -0.3 is 10.1 Å². The maximum Gasteiger partial charge on any atom is 0.228 e. The summed E-state index contributed by atoms with van der Waals surface area (Å²) in [5.41, 5.74) is 2.50. The van der Waals surface area contributed by atoms with Crippen LogP contribution in [0.1, 0.15) is 12.8 Å². The molecule has 2 fully saturated rings. The molecule has 1 aliphatic carbocycles. The molecule has 4 heterocycles. The molecule has 0 spiro atoms. The van der Waals surface area contributed by atoms with Gasteiger partial charge in [0, 0.05) is 43.9 Å². The number of hydrogen-bond donors (Lipinski definition) is 1. The van der Waals surface area contributed by atoms with E-state index in [1.807, 2.05) is 43.4 Å². The van der Waals surface area contributed by atoms with Crippen molar-refractivity contribution in [2.24, 2.45) is 13.0 Å². The maximum atomic E-state index is 14.2. The monoisotopic (exact) mass is 398 g/mol. The Morgan fingerprint density at radius 3 is 2.83 bits per heavy atom. The number of aromatic nitrogens is 4. The van der Waals surface area contributed by atoms with Gasteiger partial charge in [-0.25, -0.2) is 8.91 Å². The van der Waals surface area contributed by atoms with Crippen molar-refractivity contribution in [1.82, 2.24) is 24.3 Å². The van der Waals surface area contributed by atoms with Gasteiger partial charge in [0.2, 0.25) is 5.91 Å². The minimum absolute atomic E-state index is 0.0262. The first-order chi connectivity index (χ1) is 14.0. The van der Waals surface area contributed by atoms with Gasteiger partial charge in [-0.3, -0.25) is 14.4 Å². The number of amides is 1. The van der Waals surface area contributed by atoms with Crippen LogP contribution in [-0.4, -0.2) is 62.6 Å². The summed E-state index contributed by atoms with van der Waals surface area (Å²) in [5.74, 6) is 1.24. The summed E-state index contributed by atoms with van der Waals surface area (Å²) in [4.78, 5) is 13.9. The predicted molar refractivity (Wildman–Crippen MR) is 106 cm³/mol. The van der Waals surface area contributed by atoms with Crippen LogP contribution in [0, 0.1) is 5.92 Å². The standard InChI is InChI=1S/C20H23FN6O2/c1-25-10-15(21)17(11-25)29-16-9-22-26(2)19(16)13-5-6-27-14(7-13)8-18(24-27)23-20(28)12-3-4-12/h5-9,12,15,17H,3-4,10-11H2,1-2H3,(H,23,24,28)/t15-,17+/m0/s1. The lowest BCUT2D eigenvalue weighted by molar-refractivity contribution is -0.117. The lowest BCUT2D eigenvalue weighted by atomic mass is 10.1. The predicted octanol–water partition coefficient (Wildman–Crippen LogP) is 2.11. The van der Waals surface area contributed by atoms with Gasteiger partial charge in [-0.1, -0.05) is 0 Å². The number of ether oxygens (including phenoxy) is 1. The number of likely N-dealkylation sites (tertiary alicyclic amines) is 1. The Morgan fingerprint density at radius 1 is 1.28 bits per heavy atom. The summed E-state index contributed by atoms with van der Waals surface area (Å²) in [6.07, 6.45) is 3.82. The molecule has 3 aromatic heterocycles. The Balaban J connectivity index is 1.43. The van der Waals surface area contributed by atoms with E-state index in [0.29, 0.717) is 24.7 Å². The van der Waals surface area contributed by atoms with Crippen LogP contribution >= 0.6 is 0 Å². The van der Waals surface area contributed by atoms with Gasteiger partial charge in [0.1, 0.15) is 11.8 Å². The van der Waals surface area contributed by atoms with E-state index < -0.39 is 12.3 Å². The second kappa shape index (κ2) is 6.84. The average molecular weight is 398 g/mol. The van der Waals surface area contributed by atoms with Crippen molar-refractivity contribution in [2.45, 2.75) is 25.1 Å². The molecule has 1 amide bonds. The molecule has 0 unspecified atom stereocenters. The lowest BCUT2D eigenvalue weighted by Gasteiger charge is -2.16. The number of carbonyl (C=O) groups excluding carboxylic acids is 1. The molecule has 1 saturated carbocycles. The number of rotatable bonds is 5. The van der Waals surface area contributed by atoms with Crippen molar-refractivity contribution >= 4 is 17.2 Å². The Bertz CT molecular complexity index is 1070. The smallest absolute Gasteiger partial charge is 0.228 e. The zero-order chi connectivity index (χ0) is 20.1. The van der Waals surface area contributed by atoms with Crippen LogP contribution in [0.4, 0.5) is 10.2 Å². The molecule has 0 aromatic carbocycles. The number of nitrogens with one attached hydrogen (secondary N) is 1. The summed E-state index contributed by atoms with van der Waals surface area (Å²) < 4.78 is 23.6. The molecule has 2 aliphatic rings. The molecule has 5 rings (SSSR count). The van der Waals surface area contributed by atoms with E-state index in [-0.39, 0.29) is 11.8 Å². The van der Waals surface area contributed by atoms with Crippen molar-refractivity contribution in [1.29, 1.82) is 0 Å². The van der Waals surface area contributed by atoms with Crippen LogP contribution in [0.25, 0.3) is 16.8 Å². The molecule has 1 aliphatic heterocycles. The number of nitrogens with zero attached hydrogens (tertiary/aromatic N) is 5. The number of pyridine rings is 1. The van der Waals surface area contributed by atoms with Crippen molar-refractivity contribution in [3.05, 3.63) is 30.6 Å². The summed E-state index contributed by atoms with van der Waals surface area (Å²) >= 11 is 0. The summed E-state index contributed by atoms with van der Waals surface area (Å²) in [5, 5.41) is 11.6. The molecule has 0 radical (unpaired) electrons. The van der Waals surface area contributed by atoms with Gasteiger partial charge in [0.25, 0.3) is 0 Å². The first-order valence-electron chi connectivity index (χ1n) is 9.80. The van der Waals surface area contributed by atoms with Crippen LogP contribution in [-0.2, 0) is 11.8 Å². The van der Waals surface area contributed by atoms with Crippen LogP contribution < -0.4 is 10.1 Å². The normalized spacial score (nSPS) is 22.3. The topological polar surface area (TPSA) is 76.7 Å². The number of fused-ring (bicyclic) bond motifs is 1. The van der Waals surface area contributed by atoms with Gasteiger partial charge in [-0.15, -0.1) is 0 Å². The van der Waals surface area contributed by atoms with E-state index >= 15 is 0 Å². The van der Waals surface area contributed by atoms with E-state index in [1.54, 1.807) is 15.4 Å².